The molecule has 4 aromatic rings. The summed E-state index contributed by atoms with van der Waals surface area (Å²) in [5.74, 6) is 1.35. The Morgan fingerprint density at radius 1 is 1.03 bits per heavy atom. The first-order valence-electron chi connectivity index (χ1n) is 13.8. The van der Waals surface area contributed by atoms with E-state index in [-0.39, 0.29) is 6.10 Å². The van der Waals surface area contributed by atoms with Crippen LogP contribution in [0.3, 0.4) is 0 Å². The van der Waals surface area contributed by atoms with Crippen LogP contribution in [0.4, 0.5) is 5.13 Å². The largest absolute Gasteiger partial charge is 0.373 e. The molecular weight excluding hydrogens is 549 g/mol. The number of anilines is 1. The number of ether oxygens (including phenoxy) is 1. The number of aryl methyl sites for hydroxylation is 2. The van der Waals surface area contributed by atoms with E-state index in [1.54, 1.807) is 11.3 Å². The van der Waals surface area contributed by atoms with Crippen molar-refractivity contribution in [1.82, 2.24) is 10.1 Å². The van der Waals surface area contributed by atoms with Gasteiger partial charge in [0.1, 0.15) is 11.5 Å². The van der Waals surface area contributed by atoms with Gasteiger partial charge in [0, 0.05) is 40.1 Å². The van der Waals surface area contributed by atoms with Gasteiger partial charge in [-0.15, -0.1) is 11.3 Å². The predicted molar refractivity (Wildman–Crippen MR) is 158 cm³/mol. The van der Waals surface area contributed by atoms with Crippen molar-refractivity contribution >= 4 is 39.7 Å². The maximum absolute atomic E-state index is 6.62. The molecule has 2 aromatic carbocycles. The normalized spacial score (nSPS) is 22.6. The van der Waals surface area contributed by atoms with Crippen molar-refractivity contribution in [3.63, 3.8) is 0 Å². The van der Waals surface area contributed by atoms with Crippen molar-refractivity contribution in [3.05, 3.63) is 74.3 Å². The van der Waals surface area contributed by atoms with Crippen LogP contribution in [0.1, 0.15) is 66.9 Å². The SMILES string of the molecule is Cc1ccc(-c2csc(N3[C@@H]4CC[C@H]3CC(OCc3c(-c5c(Cl)cccc5Cl)noc3C3CC3)C4)n2)c(C)c1. The molecule has 39 heavy (non-hydrogen) atoms. The van der Waals surface area contributed by atoms with Gasteiger partial charge in [0.25, 0.3) is 0 Å². The molecule has 0 amide bonds. The van der Waals surface area contributed by atoms with Crippen molar-refractivity contribution in [2.75, 3.05) is 4.90 Å². The maximum Gasteiger partial charge on any atom is 0.186 e. The van der Waals surface area contributed by atoms with Crippen molar-refractivity contribution in [2.45, 2.75) is 83.1 Å². The fourth-order valence-electron chi connectivity index (χ4n) is 6.43. The van der Waals surface area contributed by atoms with Gasteiger partial charge in [-0.1, -0.05) is 58.2 Å². The molecule has 3 atom stereocenters. The zero-order valence-corrected chi connectivity index (χ0v) is 24.5. The molecule has 1 aliphatic carbocycles. The first-order chi connectivity index (χ1) is 19.0. The second-order valence-corrected chi connectivity index (χ2v) is 12.9. The van der Waals surface area contributed by atoms with E-state index in [0.717, 1.165) is 59.1 Å². The predicted octanol–water partition coefficient (Wildman–Crippen LogP) is 8.98. The minimum Gasteiger partial charge on any atom is -0.373 e. The lowest BCUT2D eigenvalue weighted by Gasteiger charge is -2.38. The van der Waals surface area contributed by atoms with E-state index in [0.29, 0.717) is 34.7 Å². The number of thiazole rings is 1. The molecule has 2 aromatic heterocycles. The summed E-state index contributed by atoms with van der Waals surface area (Å²) < 4.78 is 12.5. The van der Waals surface area contributed by atoms with Crippen LogP contribution in [0, 0.1) is 13.8 Å². The fraction of sp³-hybridized carbons (Fsp3) is 0.419. The van der Waals surface area contributed by atoms with Gasteiger partial charge < -0.3 is 14.2 Å². The highest BCUT2D eigenvalue weighted by Gasteiger charge is 2.43. The molecular formula is C31H31Cl2N3O2S. The zero-order chi connectivity index (χ0) is 26.7. The Labute approximate surface area is 243 Å². The Bertz CT molecular complexity index is 1490. The van der Waals surface area contributed by atoms with E-state index < -0.39 is 0 Å². The summed E-state index contributed by atoms with van der Waals surface area (Å²) in [6, 6.07) is 13.0. The molecule has 1 saturated carbocycles. The summed E-state index contributed by atoms with van der Waals surface area (Å²) in [5.41, 5.74) is 7.31. The topological polar surface area (TPSA) is 51.4 Å². The van der Waals surface area contributed by atoms with Gasteiger partial charge in [-0.3, -0.25) is 0 Å². The van der Waals surface area contributed by atoms with Crippen molar-refractivity contribution in [2.24, 2.45) is 0 Å². The van der Waals surface area contributed by atoms with E-state index in [1.807, 2.05) is 18.2 Å². The summed E-state index contributed by atoms with van der Waals surface area (Å²) in [6.07, 6.45) is 6.81. The lowest BCUT2D eigenvalue weighted by molar-refractivity contribution is 0.0147. The number of fused-ring (bicyclic) bond motifs is 2. The van der Waals surface area contributed by atoms with Crippen LogP contribution in [0.15, 0.2) is 46.3 Å². The van der Waals surface area contributed by atoms with Crippen LogP contribution in [-0.2, 0) is 11.3 Å². The average Bonchev–Trinajstić information content (AvgIpc) is 3.39. The van der Waals surface area contributed by atoms with Gasteiger partial charge in [0.05, 0.1) is 28.5 Å². The van der Waals surface area contributed by atoms with E-state index in [4.69, 9.17) is 37.4 Å². The number of piperidine rings is 1. The summed E-state index contributed by atoms with van der Waals surface area (Å²) >= 11 is 14.9. The molecule has 5 nitrogen and oxygen atoms in total. The molecule has 202 valence electrons. The van der Waals surface area contributed by atoms with Crippen molar-refractivity contribution in [3.8, 4) is 22.5 Å². The molecule has 2 bridgehead atoms. The van der Waals surface area contributed by atoms with Crippen LogP contribution in [0.2, 0.25) is 10.0 Å². The fourth-order valence-corrected chi connectivity index (χ4v) is 7.98. The molecule has 0 N–H and O–H groups in total. The minimum atomic E-state index is 0.189. The number of halogens is 2. The summed E-state index contributed by atoms with van der Waals surface area (Å²) in [6.45, 7) is 4.77. The standard InChI is InChI=1S/C31H31Cl2N3O2S/c1-17-6-11-23(18(2)12-17)27-16-39-31(34-27)36-20-9-10-21(36)14-22(13-20)37-15-24-29(35-38-30(24)19-7-8-19)28-25(32)4-3-5-26(28)33/h3-6,11-12,16,19-22H,7-10,13-15H2,1-2H3/t20-,21+,22?. The van der Waals surface area contributed by atoms with E-state index in [9.17, 15) is 0 Å². The lowest BCUT2D eigenvalue weighted by Crippen LogP contribution is -2.45. The molecule has 2 saturated heterocycles. The molecule has 0 radical (unpaired) electrons. The molecule has 1 unspecified atom stereocenters. The van der Waals surface area contributed by atoms with E-state index in [2.05, 4.69) is 47.5 Å². The number of nitrogens with zero attached hydrogens (tertiary/aromatic N) is 3. The Hall–Kier alpha value is -2.38. The monoisotopic (exact) mass is 579 g/mol. The smallest absolute Gasteiger partial charge is 0.186 e. The Morgan fingerprint density at radius 3 is 2.46 bits per heavy atom. The zero-order valence-electron chi connectivity index (χ0n) is 22.1. The van der Waals surface area contributed by atoms with E-state index in [1.165, 1.54) is 29.5 Å². The van der Waals surface area contributed by atoms with Crippen molar-refractivity contribution in [1.29, 1.82) is 0 Å². The third-order valence-corrected chi connectivity index (χ3v) is 9.97. The number of hydrogen-bond acceptors (Lipinski definition) is 6. The van der Waals surface area contributed by atoms with Gasteiger partial charge in [0.2, 0.25) is 0 Å². The van der Waals surface area contributed by atoms with Crippen molar-refractivity contribution < 1.29 is 9.26 Å². The first-order valence-corrected chi connectivity index (χ1v) is 15.5. The van der Waals surface area contributed by atoms with Crippen LogP contribution in [0.5, 0.6) is 0 Å². The minimum absolute atomic E-state index is 0.189. The second kappa shape index (κ2) is 10.2. The lowest BCUT2D eigenvalue weighted by atomic mass is 10.00. The molecule has 3 aliphatic rings. The van der Waals surface area contributed by atoms with Gasteiger partial charge in [-0.2, -0.15) is 0 Å². The number of hydrogen-bond donors (Lipinski definition) is 0. The molecule has 0 spiro atoms. The summed E-state index contributed by atoms with van der Waals surface area (Å²) in [5, 5.41) is 8.93. The number of aromatic nitrogens is 2. The van der Waals surface area contributed by atoms with Gasteiger partial charge in [-0.05, 0) is 70.1 Å². The highest BCUT2D eigenvalue weighted by molar-refractivity contribution is 7.14. The highest BCUT2D eigenvalue weighted by Crippen LogP contribution is 2.47. The molecule has 8 heteroatoms. The maximum atomic E-state index is 6.62. The van der Waals surface area contributed by atoms with Gasteiger partial charge >= 0.3 is 0 Å². The first kappa shape index (κ1) is 25.6. The Kier molecular flexibility index (Phi) is 6.71. The van der Waals surface area contributed by atoms with Crippen LogP contribution >= 0.6 is 34.5 Å². The number of rotatable bonds is 7. The molecule has 7 rings (SSSR count). The molecule has 2 aliphatic heterocycles. The Morgan fingerprint density at radius 2 is 1.77 bits per heavy atom. The summed E-state index contributed by atoms with van der Waals surface area (Å²) in [4.78, 5) is 7.68. The highest BCUT2D eigenvalue weighted by atomic mass is 35.5. The molecule has 4 heterocycles. The summed E-state index contributed by atoms with van der Waals surface area (Å²) in [7, 11) is 0. The van der Waals surface area contributed by atoms with Crippen LogP contribution in [-0.4, -0.2) is 28.3 Å². The third-order valence-electron chi connectivity index (χ3n) is 8.49. The third kappa shape index (κ3) is 4.80. The quantitative estimate of drug-likeness (QED) is 0.218. The van der Waals surface area contributed by atoms with Crippen LogP contribution < -0.4 is 4.90 Å². The number of benzene rings is 2. The second-order valence-electron chi connectivity index (χ2n) is 11.3. The average molecular weight is 581 g/mol. The van der Waals surface area contributed by atoms with E-state index >= 15 is 0 Å². The molecule has 3 fully saturated rings. The van der Waals surface area contributed by atoms with Gasteiger partial charge in [-0.25, -0.2) is 4.98 Å². The van der Waals surface area contributed by atoms with Gasteiger partial charge in [0.15, 0.2) is 5.13 Å². The van der Waals surface area contributed by atoms with Crippen LogP contribution in [0.25, 0.3) is 22.5 Å². The Balaban J connectivity index is 1.08.